The van der Waals surface area contributed by atoms with E-state index in [1.165, 1.54) is 13.8 Å². The van der Waals surface area contributed by atoms with E-state index in [4.69, 9.17) is 19.5 Å². The summed E-state index contributed by atoms with van der Waals surface area (Å²) >= 11 is 0.925. The molecule has 2 aromatic heterocycles. The van der Waals surface area contributed by atoms with Crippen LogP contribution in [0.15, 0.2) is 12.7 Å². The van der Waals surface area contributed by atoms with E-state index < -0.39 is 84.6 Å². The SMILES string of the molecule is CCCCCCCC(=O)CC(=O)SCCNC(=O)CCNC(=O)C(O)C(C)(C)COP(=O)(O)OP(=O)(O)OC[C@H]1O[C@@H](n2cnc3c(N)ncnc32)[C@H](O)[C@@H]1OP(=O)(O)O. The number of ketones is 1. The molecule has 2 amide bonds. The van der Waals surface area contributed by atoms with Crippen LogP contribution in [0.1, 0.15) is 78.4 Å². The van der Waals surface area contributed by atoms with E-state index in [0.717, 1.165) is 61.1 Å². The standard InChI is InChI=1S/C31H52N7O18P3S/c1-4-5-6-7-8-9-19(39)14-22(41)60-13-12-33-21(40)10-11-34-29(44)26(43)31(2,3)16-53-59(50,51)56-58(48,49)52-15-20-25(55-57(45,46)47)24(42)30(54-20)38-18-37-23-27(32)35-17-36-28(23)38/h17-18,20,24-26,30,42-43H,4-16H2,1-3H3,(H,33,40)(H,34,44)(H,48,49)(H,50,51)(H2,32,35,36)(H2,45,46,47)/t20-,24-,25-,26?,30-/m1/s1. The number of thioether (sulfide) groups is 1. The molecule has 0 saturated carbocycles. The molecule has 1 fully saturated rings. The van der Waals surface area contributed by atoms with Crippen LogP contribution in [0.2, 0.25) is 0 Å². The molecule has 0 aliphatic carbocycles. The Bertz CT molecular complexity index is 1940. The maximum Gasteiger partial charge on any atom is 0.481 e. The van der Waals surface area contributed by atoms with Crippen LogP contribution >= 0.6 is 35.2 Å². The average molecular weight is 936 g/mol. The van der Waals surface area contributed by atoms with Gasteiger partial charge in [-0.1, -0.05) is 58.2 Å². The number of phosphoric acid groups is 3. The molecule has 340 valence electrons. The van der Waals surface area contributed by atoms with E-state index in [2.05, 4.69) is 41.3 Å². The summed E-state index contributed by atoms with van der Waals surface area (Å²) in [6.07, 6.45) is -1.89. The Morgan fingerprint density at radius 2 is 1.67 bits per heavy atom. The highest BCUT2D eigenvalue weighted by Gasteiger charge is 2.50. The Labute approximate surface area is 348 Å². The Hall–Kier alpha value is -2.77. The van der Waals surface area contributed by atoms with Gasteiger partial charge in [-0.15, -0.1) is 0 Å². The lowest BCUT2D eigenvalue weighted by Gasteiger charge is -2.30. The predicted molar refractivity (Wildman–Crippen MR) is 210 cm³/mol. The second kappa shape index (κ2) is 23.1. The molecule has 3 unspecified atom stereocenters. The highest BCUT2D eigenvalue weighted by Crippen LogP contribution is 2.61. The third-order valence-electron chi connectivity index (χ3n) is 8.67. The number of aliphatic hydroxyl groups excluding tert-OH is 2. The number of hydrogen-bond acceptors (Lipinski definition) is 19. The second-order valence-corrected chi connectivity index (χ2v) is 19.6. The van der Waals surface area contributed by atoms with Crippen LogP contribution < -0.4 is 16.4 Å². The number of amides is 2. The summed E-state index contributed by atoms with van der Waals surface area (Å²) in [5.41, 5.74) is 4.23. The summed E-state index contributed by atoms with van der Waals surface area (Å²) < 4.78 is 62.2. The molecule has 1 saturated heterocycles. The van der Waals surface area contributed by atoms with E-state index in [9.17, 15) is 62.7 Å². The first kappa shape index (κ1) is 51.6. The number of rotatable bonds is 27. The van der Waals surface area contributed by atoms with Gasteiger partial charge in [0.05, 0.1) is 26.0 Å². The molecule has 3 heterocycles. The van der Waals surface area contributed by atoms with Crippen LogP contribution in [0.25, 0.3) is 11.2 Å². The van der Waals surface area contributed by atoms with E-state index in [0.29, 0.717) is 6.42 Å². The number of aromatic nitrogens is 4. The van der Waals surface area contributed by atoms with Crippen molar-refractivity contribution < 1.29 is 85.3 Å². The van der Waals surface area contributed by atoms with Gasteiger partial charge in [0.25, 0.3) is 0 Å². The number of imidazole rings is 1. The number of carbonyl (C=O) groups excluding carboxylic acids is 4. The van der Waals surface area contributed by atoms with Crippen molar-refractivity contribution in [2.75, 3.05) is 37.8 Å². The quantitative estimate of drug-likeness (QED) is 0.0342. The summed E-state index contributed by atoms with van der Waals surface area (Å²) in [4.78, 5) is 99.7. The molecular weight excluding hydrogens is 883 g/mol. The summed E-state index contributed by atoms with van der Waals surface area (Å²) in [6, 6.07) is 0. The molecule has 2 aromatic rings. The van der Waals surface area contributed by atoms with Crippen molar-refractivity contribution >= 4 is 74.9 Å². The summed E-state index contributed by atoms with van der Waals surface area (Å²) in [5.74, 6) is -1.42. The normalized spacial score (nSPS) is 20.9. The largest absolute Gasteiger partial charge is 0.481 e. The number of anilines is 1. The van der Waals surface area contributed by atoms with Crippen LogP contribution in [0.4, 0.5) is 5.82 Å². The van der Waals surface area contributed by atoms with Crippen LogP contribution in [0.3, 0.4) is 0 Å². The molecule has 10 N–H and O–H groups in total. The van der Waals surface area contributed by atoms with E-state index >= 15 is 0 Å². The number of phosphoric ester groups is 3. The van der Waals surface area contributed by atoms with E-state index in [1.807, 2.05) is 0 Å². The molecule has 7 atom stereocenters. The van der Waals surface area contributed by atoms with Crippen molar-refractivity contribution in [1.29, 1.82) is 0 Å². The predicted octanol–water partition coefficient (Wildman–Crippen LogP) is 0.984. The summed E-state index contributed by atoms with van der Waals surface area (Å²) in [7, 11) is -16.4. The molecule has 29 heteroatoms. The highest BCUT2D eigenvalue weighted by molar-refractivity contribution is 8.13. The van der Waals surface area contributed by atoms with Crippen molar-refractivity contribution in [3.05, 3.63) is 12.7 Å². The second-order valence-electron chi connectivity index (χ2n) is 14.2. The first-order valence-corrected chi connectivity index (χ1v) is 24.0. The monoisotopic (exact) mass is 935 g/mol. The molecular formula is C31H52N7O18P3S. The van der Waals surface area contributed by atoms with Gasteiger partial charge in [0, 0.05) is 37.1 Å². The molecule has 0 bridgehead atoms. The molecule has 60 heavy (non-hydrogen) atoms. The molecule has 1 aliphatic rings. The molecule has 0 radical (unpaired) electrons. The van der Waals surface area contributed by atoms with Crippen LogP contribution in [0.5, 0.6) is 0 Å². The zero-order valence-electron chi connectivity index (χ0n) is 32.9. The average Bonchev–Trinajstić information content (AvgIpc) is 3.71. The first-order chi connectivity index (χ1) is 27.9. The number of aliphatic hydroxyl groups is 2. The molecule has 0 aromatic carbocycles. The lowest BCUT2D eigenvalue weighted by Crippen LogP contribution is -2.46. The van der Waals surface area contributed by atoms with Gasteiger partial charge in [0.1, 0.15) is 42.0 Å². The van der Waals surface area contributed by atoms with Gasteiger partial charge in [-0.25, -0.2) is 28.6 Å². The number of nitrogens with one attached hydrogen (secondary N) is 2. The van der Waals surface area contributed by atoms with Gasteiger partial charge in [-0.05, 0) is 6.42 Å². The lowest BCUT2D eigenvalue weighted by molar-refractivity contribution is -0.137. The molecule has 25 nitrogen and oxygen atoms in total. The van der Waals surface area contributed by atoms with Gasteiger partial charge in [0.2, 0.25) is 11.8 Å². The van der Waals surface area contributed by atoms with Gasteiger partial charge in [0.15, 0.2) is 22.8 Å². The van der Waals surface area contributed by atoms with Gasteiger partial charge < -0.3 is 50.9 Å². The molecule has 1 aliphatic heterocycles. The number of nitrogen functional groups attached to an aromatic ring is 1. The first-order valence-electron chi connectivity index (χ1n) is 18.5. The number of nitrogens with two attached hydrogens (primary N) is 1. The lowest BCUT2D eigenvalue weighted by atomic mass is 9.87. The van der Waals surface area contributed by atoms with Crippen LogP contribution in [-0.4, -0.2) is 128 Å². The number of Topliss-reactive ketones (excluding diaryl/α,β-unsaturated/α-hetero) is 1. The number of carbonyl (C=O) groups is 4. The Morgan fingerprint density at radius 3 is 2.35 bits per heavy atom. The minimum absolute atomic E-state index is 0.0253. The smallest absolute Gasteiger partial charge is 0.386 e. The maximum atomic E-state index is 12.7. The van der Waals surface area contributed by atoms with E-state index in [-0.39, 0.29) is 59.6 Å². The summed E-state index contributed by atoms with van der Waals surface area (Å²) in [5, 5.41) is 26.1. The zero-order chi connectivity index (χ0) is 44.9. The van der Waals surface area contributed by atoms with Crippen molar-refractivity contribution in [1.82, 2.24) is 30.2 Å². The van der Waals surface area contributed by atoms with Crippen LogP contribution in [0, 0.1) is 5.41 Å². The molecule has 0 spiro atoms. The Balaban J connectivity index is 1.42. The van der Waals surface area contributed by atoms with Crippen molar-refractivity contribution in [2.45, 2.75) is 103 Å². The fraction of sp³-hybridized carbons (Fsp3) is 0.710. The topological polar surface area (TPSA) is 381 Å². The van der Waals surface area contributed by atoms with Crippen LogP contribution in [-0.2, 0) is 55.5 Å². The number of unbranched alkanes of at least 4 members (excludes halogenated alkanes) is 4. The fourth-order valence-corrected chi connectivity index (χ4v) is 9.05. The maximum absolute atomic E-state index is 12.7. The van der Waals surface area contributed by atoms with Gasteiger partial charge in [-0.3, -0.25) is 37.3 Å². The Kier molecular flexibility index (Phi) is 19.8. The van der Waals surface area contributed by atoms with Crippen molar-refractivity contribution in [2.24, 2.45) is 5.41 Å². The number of nitrogens with zero attached hydrogens (tertiary/aromatic N) is 4. The number of hydrogen-bond donors (Lipinski definition) is 9. The van der Waals surface area contributed by atoms with E-state index in [1.54, 1.807) is 0 Å². The third kappa shape index (κ3) is 16.8. The van der Waals surface area contributed by atoms with Gasteiger partial charge >= 0.3 is 23.5 Å². The number of fused-ring (bicyclic) bond motifs is 1. The minimum Gasteiger partial charge on any atom is -0.386 e. The third-order valence-corrected chi connectivity index (χ3v) is 12.6. The molecule has 3 rings (SSSR count). The summed E-state index contributed by atoms with van der Waals surface area (Å²) in [6.45, 7) is 2.42. The number of ether oxygens (including phenoxy) is 1. The zero-order valence-corrected chi connectivity index (χ0v) is 36.4. The fourth-order valence-electron chi connectivity index (χ4n) is 5.52. The van der Waals surface area contributed by atoms with Gasteiger partial charge in [-0.2, -0.15) is 4.31 Å². The van der Waals surface area contributed by atoms with Crippen molar-refractivity contribution in [3.63, 3.8) is 0 Å². The van der Waals surface area contributed by atoms with Crippen molar-refractivity contribution in [3.8, 4) is 0 Å². The minimum atomic E-state index is -5.58. The highest BCUT2D eigenvalue weighted by atomic mass is 32.2. The Morgan fingerprint density at radius 1 is 0.983 bits per heavy atom.